The lowest BCUT2D eigenvalue weighted by molar-refractivity contribution is 0.0167. The van der Waals surface area contributed by atoms with Gasteiger partial charge >= 0.3 is 0 Å². The molecular weight excluding hydrogens is 293 g/mol. The first kappa shape index (κ1) is 14.1. The molecule has 1 aromatic rings. The Morgan fingerprint density at radius 2 is 2.12 bits per heavy atom. The highest BCUT2D eigenvalue weighted by Gasteiger charge is 2.23. The van der Waals surface area contributed by atoms with E-state index in [9.17, 15) is 19.4 Å². The van der Waals surface area contributed by atoms with E-state index in [-0.39, 0.29) is 17.5 Å². The zero-order valence-electron chi connectivity index (χ0n) is 8.94. The van der Waals surface area contributed by atoms with Crippen LogP contribution < -0.4 is 5.73 Å². The first-order valence-corrected chi connectivity index (χ1v) is 6.11. The van der Waals surface area contributed by atoms with Crippen LogP contribution in [0.4, 0.5) is 4.39 Å². The number of rotatable bonds is 5. The number of aliphatic hydroxyl groups excluding tert-OH is 2. The summed E-state index contributed by atoms with van der Waals surface area (Å²) in [5.41, 5.74) is 5.13. The molecule has 1 amide bonds. The Labute approximate surface area is 106 Å². The molecule has 0 aliphatic rings. The van der Waals surface area contributed by atoms with Crippen LogP contribution in [-0.2, 0) is 0 Å². The first-order chi connectivity index (χ1) is 7.97. The van der Waals surface area contributed by atoms with Gasteiger partial charge in [0, 0.05) is 10.9 Å². The largest absolute Gasteiger partial charge is 0.390 e. The molecule has 0 saturated carbocycles. The number of aliphatic hydroxyl groups is 2. The van der Waals surface area contributed by atoms with Crippen LogP contribution in [0.1, 0.15) is 28.4 Å². The highest BCUT2D eigenvalue weighted by Crippen LogP contribution is 2.24. The number of primary amides is 1. The number of amides is 1. The Morgan fingerprint density at radius 1 is 1.47 bits per heavy atom. The second kappa shape index (κ2) is 6.09. The van der Waals surface area contributed by atoms with E-state index in [0.29, 0.717) is 5.33 Å². The van der Waals surface area contributed by atoms with Crippen molar-refractivity contribution in [3.05, 3.63) is 35.1 Å². The van der Waals surface area contributed by atoms with Crippen LogP contribution in [0.5, 0.6) is 0 Å². The molecule has 0 heterocycles. The quantitative estimate of drug-likeness (QED) is 0.712. The molecule has 0 spiro atoms. The van der Waals surface area contributed by atoms with E-state index >= 15 is 0 Å². The second-order valence-electron chi connectivity index (χ2n) is 3.59. The van der Waals surface area contributed by atoms with Crippen LogP contribution in [0, 0.1) is 5.82 Å². The molecule has 17 heavy (non-hydrogen) atoms. The van der Waals surface area contributed by atoms with Crippen LogP contribution in [-0.4, -0.2) is 27.6 Å². The van der Waals surface area contributed by atoms with Gasteiger partial charge < -0.3 is 15.9 Å². The molecule has 0 aromatic heterocycles. The molecule has 94 valence electrons. The lowest BCUT2D eigenvalue weighted by atomic mass is 9.97. The predicted octanol–water partition coefficient (Wildman–Crippen LogP) is 1.10. The molecule has 0 radical (unpaired) electrons. The number of hydrogen-bond donors (Lipinski definition) is 3. The molecule has 4 nitrogen and oxygen atoms in total. The molecule has 0 saturated heterocycles. The van der Waals surface area contributed by atoms with Gasteiger partial charge in [-0.1, -0.05) is 15.9 Å². The summed E-state index contributed by atoms with van der Waals surface area (Å²) >= 11 is 3.12. The van der Waals surface area contributed by atoms with Gasteiger partial charge in [-0.05, 0) is 30.2 Å². The van der Waals surface area contributed by atoms with E-state index in [1.165, 1.54) is 6.07 Å². The lowest BCUT2D eigenvalue weighted by Gasteiger charge is -2.19. The van der Waals surface area contributed by atoms with E-state index in [0.717, 1.165) is 12.1 Å². The number of carbonyl (C=O) groups excluding carboxylic acids is 1. The van der Waals surface area contributed by atoms with Crippen LogP contribution >= 0.6 is 15.9 Å². The highest BCUT2D eigenvalue weighted by molar-refractivity contribution is 9.09. The third kappa shape index (κ3) is 3.49. The minimum Gasteiger partial charge on any atom is -0.390 e. The summed E-state index contributed by atoms with van der Waals surface area (Å²) in [4.78, 5) is 11.1. The van der Waals surface area contributed by atoms with Gasteiger partial charge in [-0.3, -0.25) is 4.79 Å². The summed E-state index contributed by atoms with van der Waals surface area (Å²) in [5, 5.41) is 19.9. The number of nitrogens with two attached hydrogens (primary N) is 1. The Balaban J connectivity index is 3.10. The van der Waals surface area contributed by atoms with Gasteiger partial charge in [0.05, 0.1) is 6.10 Å². The molecular formula is C11H13BrFNO3. The Morgan fingerprint density at radius 3 is 2.65 bits per heavy atom. The molecule has 2 atom stereocenters. The van der Waals surface area contributed by atoms with Gasteiger partial charge in [0.1, 0.15) is 11.9 Å². The molecule has 2 unspecified atom stereocenters. The van der Waals surface area contributed by atoms with Crippen molar-refractivity contribution in [2.75, 3.05) is 5.33 Å². The minimum absolute atomic E-state index is 0.00551. The molecule has 0 bridgehead atoms. The van der Waals surface area contributed by atoms with Gasteiger partial charge in [0.15, 0.2) is 0 Å². The van der Waals surface area contributed by atoms with Crippen molar-refractivity contribution in [3.63, 3.8) is 0 Å². The summed E-state index contributed by atoms with van der Waals surface area (Å²) in [5.74, 6) is -1.37. The number of halogens is 2. The van der Waals surface area contributed by atoms with E-state index in [1.807, 2.05) is 0 Å². The molecule has 6 heteroatoms. The second-order valence-corrected chi connectivity index (χ2v) is 4.38. The van der Waals surface area contributed by atoms with E-state index in [4.69, 9.17) is 5.73 Å². The van der Waals surface area contributed by atoms with Crippen LogP contribution in [0.15, 0.2) is 18.2 Å². The number of alkyl halides is 1. The smallest absolute Gasteiger partial charge is 0.249 e. The van der Waals surface area contributed by atoms with E-state index in [2.05, 4.69) is 15.9 Å². The fourth-order valence-corrected chi connectivity index (χ4v) is 1.95. The van der Waals surface area contributed by atoms with Gasteiger partial charge in [0.25, 0.3) is 0 Å². The van der Waals surface area contributed by atoms with Crippen molar-refractivity contribution >= 4 is 21.8 Å². The third-order valence-corrected chi connectivity index (χ3v) is 2.82. The summed E-state index contributed by atoms with van der Waals surface area (Å²) < 4.78 is 13.1. The van der Waals surface area contributed by atoms with E-state index < -0.39 is 23.9 Å². The Kier molecular flexibility index (Phi) is 5.04. The summed E-state index contributed by atoms with van der Waals surface area (Å²) in [7, 11) is 0. The average molecular weight is 306 g/mol. The monoisotopic (exact) mass is 305 g/mol. The zero-order valence-corrected chi connectivity index (χ0v) is 10.5. The third-order valence-electron chi connectivity index (χ3n) is 2.37. The molecule has 0 aliphatic carbocycles. The molecule has 1 aromatic carbocycles. The van der Waals surface area contributed by atoms with Gasteiger partial charge in [0.2, 0.25) is 5.91 Å². The van der Waals surface area contributed by atoms with Crippen molar-refractivity contribution in [1.82, 2.24) is 0 Å². The fraction of sp³-hybridized carbons (Fsp3) is 0.364. The highest BCUT2D eigenvalue weighted by atomic mass is 79.9. The SMILES string of the molecule is NC(=O)c1ccc(F)cc1C(O)C(O)CCBr. The summed E-state index contributed by atoms with van der Waals surface area (Å²) in [6, 6.07) is 3.27. The van der Waals surface area contributed by atoms with Gasteiger partial charge in [-0.15, -0.1) is 0 Å². The topological polar surface area (TPSA) is 83.6 Å². The van der Waals surface area contributed by atoms with Gasteiger partial charge in [-0.25, -0.2) is 4.39 Å². The molecule has 4 N–H and O–H groups in total. The normalized spacial score (nSPS) is 14.4. The van der Waals surface area contributed by atoms with Crippen LogP contribution in [0.3, 0.4) is 0 Å². The standard InChI is InChI=1S/C11H13BrFNO3/c12-4-3-9(15)10(16)8-5-6(13)1-2-7(8)11(14)17/h1-2,5,9-10,15-16H,3-4H2,(H2,14,17). The minimum atomic E-state index is -1.34. The number of hydrogen-bond acceptors (Lipinski definition) is 3. The first-order valence-electron chi connectivity index (χ1n) is 4.98. The van der Waals surface area contributed by atoms with Crippen molar-refractivity contribution in [1.29, 1.82) is 0 Å². The van der Waals surface area contributed by atoms with E-state index in [1.54, 1.807) is 0 Å². The lowest BCUT2D eigenvalue weighted by Crippen LogP contribution is -2.23. The Hall–Kier alpha value is -0.980. The van der Waals surface area contributed by atoms with Gasteiger partial charge in [-0.2, -0.15) is 0 Å². The fourth-order valence-electron chi connectivity index (χ4n) is 1.48. The zero-order chi connectivity index (χ0) is 13.0. The van der Waals surface area contributed by atoms with Crippen LogP contribution in [0.2, 0.25) is 0 Å². The summed E-state index contributed by atoms with van der Waals surface area (Å²) in [6.07, 6.45) is -2.16. The van der Waals surface area contributed by atoms with Crippen molar-refractivity contribution in [2.24, 2.45) is 5.73 Å². The maximum Gasteiger partial charge on any atom is 0.249 e. The summed E-state index contributed by atoms with van der Waals surface area (Å²) in [6.45, 7) is 0. The van der Waals surface area contributed by atoms with Crippen LogP contribution in [0.25, 0.3) is 0 Å². The van der Waals surface area contributed by atoms with Crippen molar-refractivity contribution in [2.45, 2.75) is 18.6 Å². The predicted molar refractivity (Wildman–Crippen MR) is 64.3 cm³/mol. The molecule has 1 rings (SSSR count). The average Bonchev–Trinajstić information content (AvgIpc) is 2.27. The molecule has 0 aliphatic heterocycles. The number of carbonyl (C=O) groups is 1. The molecule has 0 fully saturated rings. The maximum atomic E-state index is 13.1. The Bertz CT molecular complexity index is 414. The van der Waals surface area contributed by atoms with Crippen molar-refractivity contribution < 1.29 is 19.4 Å². The maximum absolute atomic E-state index is 13.1. The number of benzene rings is 1. The van der Waals surface area contributed by atoms with Crippen molar-refractivity contribution in [3.8, 4) is 0 Å².